The normalized spacial score (nSPS) is 19.0. The molecule has 0 unspecified atom stereocenters. The van der Waals surface area contributed by atoms with E-state index < -0.39 is 7.14 Å². The molecule has 132 valence electrons. The van der Waals surface area contributed by atoms with Crippen LogP contribution in [0.4, 0.5) is 5.82 Å². The van der Waals surface area contributed by atoms with Crippen molar-refractivity contribution in [3.05, 3.63) is 46.4 Å². The van der Waals surface area contributed by atoms with Crippen molar-refractivity contribution in [3.8, 4) is 5.88 Å². The monoisotopic (exact) mass is 359 g/mol. The van der Waals surface area contributed by atoms with E-state index >= 15 is 0 Å². The molecule has 1 fully saturated rings. The zero-order valence-electron chi connectivity index (χ0n) is 14.5. The van der Waals surface area contributed by atoms with Gasteiger partial charge in [-0.25, -0.2) is 4.79 Å². The predicted octanol–water partition coefficient (Wildman–Crippen LogP) is 2.05. The molecule has 0 N–H and O–H groups in total. The van der Waals surface area contributed by atoms with E-state index in [0.717, 1.165) is 36.2 Å². The highest BCUT2D eigenvalue weighted by molar-refractivity contribution is 7.70. The van der Waals surface area contributed by atoms with Crippen molar-refractivity contribution < 1.29 is 9.30 Å². The first-order valence-electron chi connectivity index (χ1n) is 8.57. The maximum Gasteiger partial charge on any atom is 0.352 e. The quantitative estimate of drug-likeness (QED) is 0.782. The lowest BCUT2D eigenvalue weighted by Crippen LogP contribution is -2.24. The fourth-order valence-corrected chi connectivity index (χ4v) is 4.47. The number of nitrogens with zero attached hydrogens (tertiary/aromatic N) is 3. The van der Waals surface area contributed by atoms with Crippen LogP contribution in [0.1, 0.15) is 18.4 Å². The highest BCUT2D eigenvalue weighted by Gasteiger charge is 2.34. The molecule has 0 saturated carbocycles. The van der Waals surface area contributed by atoms with E-state index in [2.05, 4.69) is 9.88 Å². The van der Waals surface area contributed by atoms with Crippen molar-refractivity contribution in [2.45, 2.75) is 32.0 Å². The smallest absolute Gasteiger partial charge is 0.352 e. The molecule has 7 heteroatoms. The third-order valence-electron chi connectivity index (χ3n) is 4.98. The van der Waals surface area contributed by atoms with Crippen molar-refractivity contribution in [2.75, 3.05) is 24.8 Å². The fraction of sp³-hybridized carbons (Fsp3) is 0.444. The van der Waals surface area contributed by atoms with Crippen LogP contribution >= 0.6 is 7.14 Å². The molecular weight excluding hydrogens is 337 g/mol. The summed E-state index contributed by atoms with van der Waals surface area (Å²) >= 11 is 0. The lowest BCUT2D eigenvalue weighted by Gasteiger charge is -2.17. The second-order valence-electron chi connectivity index (χ2n) is 7.14. The van der Waals surface area contributed by atoms with Gasteiger partial charge in [0, 0.05) is 30.5 Å². The summed E-state index contributed by atoms with van der Waals surface area (Å²) in [6.07, 6.45) is 2.30. The number of ether oxygens (including phenoxy) is 1. The summed E-state index contributed by atoms with van der Waals surface area (Å²) in [6.45, 7) is 5.56. The molecule has 6 nitrogen and oxygen atoms in total. The molecule has 0 radical (unpaired) electrons. The van der Waals surface area contributed by atoms with Crippen LogP contribution in [0.3, 0.4) is 0 Å². The van der Waals surface area contributed by atoms with Gasteiger partial charge in [0.2, 0.25) is 5.88 Å². The van der Waals surface area contributed by atoms with Crippen molar-refractivity contribution in [3.63, 3.8) is 0 Å². The van der Waals surface area contributed by atoms with Crippen LogP contribution in [0.25, 0.3) is 0 Å². The summed E-state index contributed by atoms with van der Waals surface area (Å²) in [7, 11) is -2.24. The molecule has 1 aromatic carbocycles. The summed E-state index contributed by atoms with van der Waals surface area (Å²) in [5.41, 5.74) is 0.716. The van der Waals surface area contributed by atoms with Gasteiger partial charge in [-0.3, -0.25) is 4.57 Å². The van der Waals surface area contributed by atoms with Crippen LogP contribution in [0.5, 0.6) is 5.88 Å². The molecule has 0 bridgehead atoms. The molecule has 3 heterocycles. The van der Waals surface area contributed by atoms with Gasteiger partial charge in [-0.15, -0.1) is 0 Å². The van der Waals surface area contributed by atoms with Crippen LogP contribution in [0.15, 0.2) is 35.1 Å². The van der Waals surface area contributed by atoms with Crippen LogP contribution in [0, 0.1) is 0 Å². The maximum absolute atomic E-state index is 12.2. The Bertz CT molecular complexity index is 901. The third-order valence-corrected chi connectivity index (χ3v) is 6.52. The third kappa shape index (κ3) is 3.11. The molecule has 0 aliphatic carbocycles. The highest BCUT2D eigenvalue weighted by Crippen LogP contribution is 2.34. The first-order chi connectivity index (χ1) is 11.9. The number of benzene rings is 1. The molecule has 1 atom stereocenters. The summed E-state index contributed by atoms with van der Waals surface area (Å²) in [5.74, 6) is 1.29. The van der Waals surface area contributed by atoms with Crippen molar-refractivity contribution >= 4 is 18.3 Å². The summed E-state index contributed by atoms with van der Waals surface area (Å²) in [6, 6.07) is 9.86. The second-order valence-corrected chi connectivity index (χ2v) is 10.4. The van der Waals surface area contributed by atoms with Crippen LogP contribution in [0.2, 0.25) is 0 Å². The first-order valence-corrected chi connectivity index (χ1v) is 11.2. The van der Waals surface area contributed by atoms with E-state index in [1.807, 2.05) is 30.3 Å². The highest BCUT2D eigenvalue weighted by atomic mass is 31.2. The zero-order valence-corrected chi connectivity index (χ0v) is 15.4. The number of rotatable bonds is 4. The lowest BCUT2D eigenvalue weighted by molar-refractivity contribution is 0.291. The number of anilines is 1. The van der Waals surface area contributed by atoms with Gasteiger partial charge in [0.15, 0.2) is 0 Å². The Balaban J connectivity index is 1.51. The molecule has 1 saturated heterocycles. The van der Waals surface area contributed by atoms with Crippen LogP contribution in [-0.4, -0.2) is 35.5 Å². The SMILES string of the molecule is CP(C)(=O)c1ccc(COc2cc3n(c(=O)n2)C[C@H]2CCCN32)cc1. The Labute approximate surface area is 146 Å². The lowest BCUT2D eigenvalue weighted by atomic mass is 10.2. The number of hydrogen-bond donors (Lipinski definition) is 0. The molecule has 2 aliphatic rings. The Kier molecular flexibility index (Phi) is 3.95. The summed E-state index contributed by atoms with van der Waals surface area (Å²) in [4.78, 5) is 18.6. The number of hydrogen-bond acceptors (Lipinski definition) is 5. The first kappa shape index (κ1) is 16.4. The molecule has 0 spiro atoms. The average Bonchev–Trinajstić information content (AvgIpc) is 3.15. The molecular formula is C18H22N3O3P. The molecule has 2 aliphatic heterocycles. The topological polar surface area (TPSA) is 64.4 Å². The number of fused-ring (bicyclic) bond motifs is 3. The van der Waals surface area contributed by atoms with E-state index in [1.54, 1.807) is 17.9 Å². The predicted molar refractivity (Wildman–Crippen MR) is 98.7 cm³/mol. The van der Waals surface area contributed by atoms with E-state index in [0.29, 0.717) is 18.5 Å². The Hall–Kier alpha value is -2.07. The summed E-state index contributed by atoms with van der Waals surface area (Å²) < 4.78 is 19.6. The van der Waals surface area contributed by atoms with Gasteiger partial charge in [0.25, 0.3) is 0 Å². The minimum absolute atomic E-state index is 0.241. The molecule has 4 rings (SSSR count). The van der Waals surface area contributed by atoms with E-state index in [1.165, 1.54) is 6.42 Å². The van der Waals surface area contributed by atoms with Gasteiger partial charge in [0.05, 0.1) is 0 Å². The van der Waals surface area contributed by atoms with Gasteiger partial charge in [-0.05, 0) is 31.7 Å². The standard InChI is InChI=1S/C18H22N3O3P/c1-25(2,23)15-7-5-13(6-8-15)12-24-16-10-17-20-9-3-4-14(20)11-21(17)18(22)19-16/h5-8,10,14H,3-4,9,11-12H2,1-2H3/t14-/m1/s1. The van der Waals surface area contributed by atoms with Crippen LogP contribution < -0.4 is 20.6 Å². The van der Waals surface area contributed by atoms with Crippen molar-refractivity contribution in [1.29, 1.82) is 0 Å². The van der Waals surface area contributed by atoms with Crippen LogP contribution in [-0.2, 0) is 17.7 Å². The fourth-order valence-electron chi connectivity index (χ4n) is 3.60. The summed E-state index contributed by atoms with van der Waals surface area (Å²) in [5, 5.41) is 0.852. The van der Waals surface area contributed by atoms with Gasteiger partial charge >= 0.3 is 5.69 Å². The van der Waals surface area contributed by atoms with Gasteiger partial charge in [0.1, 0.15) is 19.6 Å². The second kappa shape index (κ2) is 6.03. The zero-order chi connectivity index (χ0) is 17.6. The number of aromatic nitrogens is 2. The molecule has 0 amide bonds. The van der Waals surface area contributed by atoms with Gasteiger partial charge in [-0.2, -0.15) is 4.98 Å². The van der Waals surface area contributed by atoms with E-state index in [-0.39, 0.29) is 5.69 Å². The Morgan fingerprint density at radius 3 is 2.76 bits per heavy atom. The van der Waals surface area contributed by atoms with Crippen molar-refractivity contribution in [2.24, 2.45) is 0 Å². The minimum atomic E-state index is -2.24. The van der Waals surface area contributed by atoms with Gasteiger partial charge in [-0.1, -0.05) is 24.3 Å². The molecule has 25 heavy (non-hydrogen) atoms. The maximum atomic E-state index is 12.2. The molecule has 1 aromatic heterocycles. The minimum Gasteiger partial charge on any atom is -0.473 e. The van der Waals surface area contributed by atoms with E-state index in [9.17, 15) is 9.36 Å². The molecule has 2 aromatic rings. The van der Waals surface area contributed by atoms with Crippen molar-refractivity contribution in [1.82, 2.24) is 9.55 Å². The Morgan fingerprint density at radius 1 is 1.28 bits per heavy atom. The van der Waals surface area contributed by atoms with E-state index in [4.69, 9.17) is 4.74 Å². The van der Waals surface area contributed by atoms with Gasteiger partial charge < -0.3 is 14.2 Å². The largest absolute Gasteiger partial charge is 0.473 e. The average molecular weight is 359 g/mol. The Morgan fingerprint density at radius 2 is 2.04 bits per heavy atom.